The zero-order chi connectivity index (χ0) is 21.1. The number of nitro groups is 1. The van der Waals surface area contributed by atoms with Crippen LogP contribution in [0.25, 0.3) is 0 Å². The number of aliphatic hydroxyl groups excluding tert-OH is 1. The predicted octanol–water partition coefficient (Wildman–Crippen LogP) is 3.07. The van der Waals surface area contributed by atoms with Crippen LogP contribution in [-0.2, 0) is 15.9 Å². The lowest BCUT2D eigenvalue weighted by Crippen LogP contribution is -2.15. The lowest BCUT2D eigenvalue weighted by molar-refractivity contribution is -0.386. The van der Waals surface area contributed by atoms with Gasteiger partial charge in [-0.3, -0.25) is 10.1 Å². The quantitative estimate of drug-likeness (QED) is 0.220. The molecule has 0 amide bonds. The fourth-order valence-corrected chi connectivity index (χ4v) is 2.90. The molecular weight excluding hydrogens is 370 g/mol. The summed E-state index contributed by atoms with van der Waals surface area (Å²) in [6, 6.07) is 1.24. The van der Waals surface area contributed by atoms with Gasteiger partial charge in [-0.1, -0.05) is 13.0 Å². The van der Waals surface area contributed by atoms with Crippen molar-refractivity contribution in [3.05, 3.63) is 34.4 Å². The summed E-state index contributed by atoms with van der Waals surface area (Å²) in [5, 5.41) is 21.7. The van der Waals surface area contributed by atoms with Gasteiger partial charge < -0.3 is 28.8 Å². The first kappa shape index (κ1) is 23.7. The molecule has 9 heteroatoms. The molecule has 0 heterocycles. The Balaban J connectivity index is 3.41. The molecule has 0 unspecified atom stereocenters. The minimum atomic E-state index is -0.551. The van der Waals surface area contributed by atoms with Gasteiger partial charge in [0.05, 0.1) is 24.2 Å². The fourth-order valence-electron chi connectivity index (χ4n) is 2.90. The first-order valence-electron chi connectivity index (χ1n) is 8.80. The molecule has 1 rings (SSSR count). The van der Waals surface area contributed by atoms with E-state index in [1.165, 1.54) is 27.4 Å². The molecule has 0 spiro atoms. The summed E-state index contributed by atoms with van der Waals surface area (Å²) in [6.07, 6.45) is 2.41. The van der Waals surface area contributed by atoms with Crippen LogP contribution in [-0.4, -0.2) is 51.0 Å². The fraction of sp³-hybridized carbons (Fsp3) is 0.579. The van der Waals surface area contributed by atoms with Crippen molar-refractivity contribution in [1.82, 2.24) is 0 Å². The molecule has 1 aromatic carbocycles. The Morgan fingerprint density at radius 1 is 1.21 bits per heavy atom. The molecule has 2 atom stereocenters. The van der Waals surface area contributed by atoms with Gasteiger partial charge in [0.25, 0.3) is 0 Å². The molecular formula is C19H29NO8. The van der Waals surface area contributed by atoms with Crippen LogP contribution < -0.4 is 14.2 Å². The Labute approximate surface area is 165 Å². The van der Waals surface area contributed by atoms with Crippen LogP contribution in [0, 0.1) is 16.0 Å². The third-order valence-corrected chi connectivity index (χ3v) is 3.99. The van der Waals surface area contributed by atoms with Crippen molar-refractivity contribution >= 4 is 5.69 Å². The highest BCUT2D eigenvalue weighted by atomic mass is 16.7. The Bertz CT molecular complexity index is 649. The van der Waals surface area contributed by atoms with Crippen LogP contribution in [0.4, 0.5) is 5.69 Å². The van der Waals surface area contributed by atoms with E-state index in [1.54, 1.807) is 6.08 Å². The summed E-state index contributed by atoms with van der Waals surface area (Å²) in [5.74, 6) is 0.526. The summed E-state index contributed by atoms with van der Waals surface area (Å²) >= 11 is 0. The average Bonchev–Trinajstić information content (AvgIpc) is 2.64. The maximum absolute atomic E-state index is 11.6. The maximum atomic E-state index is 11.6. The molecule has 0 fully saturated rings. The number of rotatable bonds is 14. The molecule has 0 bridgehead atoms. The number of hydrogen-bond acceptors (Lipinski definition) is 8. The smallest absolute Gasteiger partial charge is 0.315 e. The van der Waals surface area contributed by atoms with Gasteiger partial charge in [-0.15, -0.1) is 6.58 Å². The highest BCUT2D eigenvalue weighted by molar-refractivity contribution is 5.64. The number of ether oxygens (including phenoxy) is 5. The number of nitro benzene ring substituents is 1. The molecule has 0 aliphatic rings. The normalized spacial score (nSPS) is 12.9. The molecule has 0 aliphatic carbocycles. The molecule has 1 N–H and O–H groups in total. The molecule has 0 radical (unpaired) electrons. The van der Waals surface area contributed by atoms with Crippen molar-refractivity contribution < 1.29 is 33.7 Å². The largest absolute Gasteiger partial charge is 0.492 e. The van der Waals surface area contributed by atoms with Gasteiger partial charge in [-0.25, -0.2) is 0 Å². The summed E-state index contributed by atoms with van der Waals surface area (Å²) in [6.45, 7) is 5.29. The lowest BCUT2D eigenvalue weighted by Gasteiger charge is -2.21. The van der Waals surface area contributed by atoms with E-state index in [1.807, 2.05) is 6.92 Å². The molecule has 0 saturated heterocycles. The van der Waals surface area contributed by atoms with Crippen molar-refractivity contribution in [3.8, 4) is 17.2 Å². The molecule has 9 nitrogen and oxygen atoms in total. The number of hydrogen-bond donors (Lipinski definition) is 1. The van der Waals surface area contributed by atoms with Gasteiger partial charge in [0.15, 0.2) is 25.1 Å². The topological polar surface area (TPSA) is 110 Å². The van der Waals surface area contributed by atoms with Crippen molar-refractivity contribution in [2.45, 2.75) is 32.3 Å². The van der Waals surface area contributed by atoms with Crippen LogP contribution in [0.3, 0.4) is 0 Å². The Hall–Kier alpha value is -2.36. The van der Waals surface area contributed by atoms with E-state index < -0.39 is 11.0 Å². The molecule has 1 aromatic rings. The molecule has 0 aliphatic heterocycles. The number of benzene rings is 1. The van der Waals surface area contributed by atoms with Crippen LogP contribution in [0.2, 0.25) is 0 Å². The summed E-state index contributed by atoms with van der Waals surface area (Å²) in [7, 11) is 4.32. The lowest BCUT2D eigenvalue weighted by atomic mass is 9.92. The molecule has 0 saturated carbocycles. The van der Waals surface area contributed by atoms with Crippen LogP contribution in [0.5, 0.6) is 17.2 Å². The van der Waals surface area contributed by atoms with E-state index in [4.69, 9.17) is 23.7 Å². The number of methoxy groups -OCH3 is 3. The van der Waals surface area contributed by atoms with E-state index in [0.717, 1.165) is 0 Å². The Kier molecular flexibility index (Phi) is 10.3. The zero-order valence-electron chi connectivity index (χ0n) is 16.8. The summed E-state index contributed by atoms with van der Waals surface area (Å²) < 4.78 is 26.3. The minimum Gasteiger partial charge on any atom is -0.492 e. The van der Waals surface area contributed by atoms with Gasteiger partial charge in [0, 0.05) is 19.8 Å². The SMILES string of the molecule is C=CC[C@@H](O)C[C@H](C)Cc1c(OC)c(OCOC)cc([N+](=O)[O-])c1OCOC. The van der Waals surface area contributed by atoms with Crippen molar-refractivity contribution in [2.75, 3.05) is 34.9 Å². The standard InChI is InChI=1S/C19H29NO8/c1-6-7-14(21)8-13(2)9-15-18(28-12-25-4)16(20(22)23)10-17(19(15)26-5)27-11-24-3/h6,10,13-14,21H,1,7-9,11-12H2,2-5H3/t13-,14+/m0/s1. The van der Waals surface area contributed by atoms with Gasteiger partial charge in [-0.2, -0.15) is 0 Å². The van der Waals surface area contributed by atoms with E-state index in [2.05, 4.69) is 6.58 Å². The van der Waals surface area contributed by atoms with Crippen molar-refractivity contribution in [2.24, 2.45) is 5.92 Å². The maximum Gasteiger partial charge on any atom is 0.315 e. The Morgan fingerprint density at radius 2 is 1.86 bits per heavy atom. The van der Waals surface area contributed by atoms with E-state index in [0.29, 0.717) is 30.6 Å². The van der Waals surface area contributed by atoms with E-state index >= 15 is 0 Å². The highest BCUT2D eigenvalue weighted by Crippen LogP contribution is 2.45. The first-order chi connectivity index (χ1) is 13.4. The van der Waals surface area contributed by atoms with Gasteiger partial charge in [0.1, 0.15) is 0 Å². The van der Waals surface area contributed by atoms with Crippen LogP contribution in [0.15, 0.2) is 18.7 Å². The Morgan fingerprint density at radius 3 is 2.39 bits per heavy atom. The number of aliphatic hydroxyl groups is 1. The predicted molar refractivity (Wildman–Crippen MR) is 103 cm³/mol. The summed E-state index contributed by atoms with van der Waals surface area (Å²) in [4.78, 5) is 11.1. The second kappa shape index (κ2) is 12.2. The monoisotopic (exact) mass is 399 g/mol. The van der Waals surface area contributed by atoms with E-state index in [9.17, 15) is 15.2 Å². The third-order valence-electron chi connectivity index (χ3n) is 3.99. The van der Waals surface area contributed by atoms with Gasteiger partial charge in [-0.05, 0) is 25.2 Å². The second-order valence-corrected chi connectivity index (χ2v) is 6.32. The van der Waals surface area contributed by atoms with Crippen LogP contribution in [0.1, 0.15) is 25.3 Å². The zero-order valence-corrected chi connectivity index (χ0v) is 16.8. The second-order valence-electron chi connectivity index (χ2n) is 6.32. The third kappa shape index (κ3) is 6.66. The molecule has 28 heavy (non-hydrogen) atoms. The van der Waals surface area contributed by atoms with Gasteiger partial charge in [0.2, 0.25) is 5.75 Å². The number of nitrogens with zero attached hydrogens (tertiary/aromatic N) is 1. The molecule has 0 aromatic heterocycles. The van der Waals surface area contributed by atoms with Crippen LogP contribution >= 0.6 is 0 Å². The van der Waals surface area contributed by atoms with Crippen molar-refractivity contribution in [3.63, 3.8) is 0 Å². The minimum absolute atomic E-state index is 0.0222. The van der Waals surface area contributed by atoms with Gasteiger partial charge >= 0.3 is 5.69 Å². The van der Waals surface area contributed by atoms with Crippen molar-refractivity contribution in [1.29, 1.82) is 0 Å². The first-order valence-corrected chi connectivity index (χ1v) is 8.80. The average molecular weight is 399 g/mol. The highest BCUT2D eigenvalue weighted by Gasteiger charge is 2.29. The van der Waals surface area contributed by atoms with E-state index in [-0.39, 0.29) is 36.7 Å². The molecule has 158 valence electrons. The summed E-state index contributed by atoms with van der Waals surface area (Å²) in [5.41, 5.74) is 0.205.